The predicted molar refractivity (Wildman–Crippen MR) is 84.7 cm³/mol. The fourth-order valence-electron chi connectivity index (χ4n) is 1.81. The Morgan fingerprint density at radius 1 is 1.25 bits per heavy atom. The van der Waals surface area contributed by atoms with Gasteiger partial charge < -0.3 is 10.5 Å². The Morgan fingerprint density at radius 3 is 2.70 bits per heavy atom. The largest absolute Gasteiger partial charge is 0.487 e. The van der Waals surface area contributed by atoms with Gasteiger partial charge in [-0.05, 0) is 24.6 Å². The molecule has 0 aliphatic heterocycles. The lowest BCUT2D eigenvalue weighted by Gasteiger charge is -2.10. The van der Waals surface area contributed by atoms with Crippen LogP contribution in [0.1, 0.15) is 24.6 Å². The van der Waals surface area contributed by atoms with E-state index in [2.05, 4.69) is 27.8 Å². The van der Waals surface area contributed by atoms with Crippen LogP contribution in [0.4, 0.5) is 0 Å². The van der Waals surface area contributed by atoms with Crippen LogP contribution >= 0.6 is 15.9 Å². The summed E-state index contributed by atoms with van der Waals surface area (Å²) in [5.74, 6) is 0.773. The van der Waals surface area contributed by atoms with Gasteiger partial charge in [0.25, 0.3) is 0 Å². The SMILES string of the molecule is CCC(N)Cc1ccc(OCc2ccccc2Br)cn1. The zero-order valence-electron chi connectivity index (χ0n) is 11.6. The van der Waals surface area contributed by atoms with Crippen molar-refractivity contribution in [1.29, 1.82) is 0 Å². The summed E-state index contributed by atoms with van der Waals surface area (Å²) in [7, 11) is 0. The summed E-state index contributed by atoms with van der Waals surface area (Å²) in [4.78, 5) is 4.38. The maximum absolute atomic E-state index is 5.92. The van der Waals surface area contributed by atoms with Gasteiger partial charge in [0, 0.05) is 28.2 Å². The van der Waals surface area contributed by atoms with E-state index in [9.17, 15) is 0 Å². The molecule has 0 spiro atoms. The fraction of sp³-hybridized carbons (Fsp3) is 0.312. The van der Waals surface area contributed by atoms with Crippen LogP contribution < -0.4 is 10.5 Å². The second kappa shape index (κ2) is 7.41. The van der Waals surface area contributed by atoms with Gasteiger partial charge in [0.05, 0.1) is 6.20 Å². The number of ether oxygens (including phenoxy) is 1. The van der Waals surface area contributed by atoms with Crippen molar-refractivity contribution in [3.63, 3.8) is 0 Å². The molecule has 0 bridgehead atoms. The number of hydrogen-bond acceptors (Lipinski definition) is 3. The second-order valence-corrected chi connectivity index (χ2v) is 5.59. The van der Waals surface area contributed by atoms with E-state index in [1.807, 2.05) is 36.4 Å². The third-order valence-corrected chi connectivity index (χ3v) is 3.92. The minimum absolute atomic E-state index is 0.176. The van der Waals surface area contributed by atoms with Crippen LogP contribution in [0.2, 0.25) is 0 Å². The van der Waals surface area contributed by atoms with Crippen LogP contribution in [-0.4, -0.2) is 11.0 Å². The van der Waals surface area contributed by atoms with Crippen molar-refractivity contribution < 1.29 is 4.74 Å². The molecule has 0 amide bonds. The Morgan fingerprint density at radius 2 is 2.05 bits per heavy atom. The van der Waals surface area contributed by atoms with E-state index in [1.165, 1.54) is 0 Å². The monoisotopic (exact) mass is 334 g/mol. The van der Waals surface area contributed by atoms with Gasteiger partial charge in [-0.25, -0.2) is 0 Å². The molecule has 1 aromatic heterocycles. The Balaban J connectivity index is 1.92. The van der Waals surface area contributed by atoms with Crippen molar-refractivity contribution in [1.82, 2.24) is 4.98 Å². The Kier molecular flexibility index (Phi) is 5.56. The highest BCUT2D eigenvalue weighted by Gasteiger charge is 2.04. The number of nitrogens with zero attached hydrogens (tertiary/aromatic N) is 1. The molecule has 2 N–H and O–H groups in total. The first-order chi connectivity index (χ1) is 9.69. The third kappa shape index (κ3) is 4.32. The Labute approximate surface area is 128 Å². The minimum atomic E-state index is 0.176. The highest BCUT2D eigenvalue weighted by atomic mass is 79.9. The molecule has 1 aromatic carbocycles. The number of benzene rings is 1. The molecular weight excluding hydrogens is 316 g/mol. The first-order valence-corrected chi connectivity index (χ1v) is 7.55. The van der Waals surface area contributed by atoms with Gasteiger partial charge >= 0.3 is 0 Å². The van der Waals surface area contributed by atoms with Gasteiger partial charge in [0.15, 0.2) is 0 Å². The predicted octanol–water partition coefficient (Wildman–Crippen LogP) is 3.70. The highest BCUT2D eigenvalue weighted by Crippen LogP contribution is 2.18. The number of hydrogen-bond donors (Lipinski definition) is 1. The number of pyridine rings is 1. The number of nitrogens with two attached hydrogens (primary N) is 1. The summed E-state index contributed by atoms with van der Waals surface area (Å²) >= 11 is 3.51. The molecule has 1 heterocycles. The van der Waals surface area contributed by atoms with Crippen LogP contribution in [0.5, 0.6) is 5.75 Å². The van der Waals surface area contributed by atoms with E-state index < -0.39 is 0 Å². The molecule has 1 unspecified atom stereocenters. The number of aromatic nitrogens is 1. The lowest BCUT2D eigenvalue weighted by molar-refractivity contribution is 0.304. The quantitative estimate of drug-likeness (QED) is 0.876. The maximum atomic E-state index is 5.92. The standard InChI is InChI=1S/C16H19BrN2O/c1-2-13(18)9-14-7-8-15(10-19-14)20-11-12-5-3-4-6-16(12)17/h3-8,10,13H,2,9,11,18H2,1H3. The average molecular weight is 335 g/mol. The van der Waals surface area contributed by atoms with Crippen LogP contribution in [0.3, 0.4) is 0 Å². The molecule has 1 atom stereocenters. The van der Waals surface area contributed by atoms with Gasteiger partial charge in [-0.2, -0.15) is 0 Å². The molecule has 0 fully saturated rings. The molecule has 3 nitrogen and oxygen atoms in total. The summed E-state index contributed by atoms with van der Waals surface area (Å²) in [6.07, 6.45) is 3.53. The topological polar surface area (TPSA) is 48.1 Å². The van der Waals surface area contributed by atoms with E-state index in [-0.39, 0.29) is 6.04 Å². The molecule has 106 valence electrons. The molecular formula is C16H19BrN2O. The van der Waals surface area contributed by atoms with Crippen molar-refractivity contribution >= 4 is 15.9 Å². The van der Waals surface area contributed by atoms with Crippen molar-refractivity contribution in [3.05, 3.63) is 58.3 Å². The lowest BCUT2D eigenvalue weighted by atomic mass is 10.1. The van der Waals surface area contributed by atoms with Gasteiger partial charge in [-0.3, -0.25) is 4.98 Å². The van der Waals surface area contributed by atoms with Crippen molar-refractivity contribution in [2.75, 3.05) is 0 Å². The average Bonchev–Trinajstić information content (AvgIpc) is 2.48. The van der Waals surface area contributed by atoms with Crippen LogP contribution in [0.25, 0.3) is 0 Å². The Hall–Kier alpha value is -1.39. The van der Waals surface area contributed by atoms with E-state index in [0.29, 0.717) is 6.61 Å². The van der Waals surface area contributed by atoms with Crippen LogP contribution in [-0.2, 0) is 13.0 Å². The summed E-state index contributed by atoms with van der Waals surface area (Å²) in [6.45, 7) is 2.61. The Bertz CT molecular complexity index is 542. The molecule has 0 aliphatic rings. The molecule has 0 aliphatic carbocycles. The molecule has 2 aromatic rings. The number of halogens is 1. The zero-order chi connectivity index (χ0) is 14.4. The van der Waals surface area contributed by atoms with Crippen LogP contribution in [0.15, 0.2) is 47.1 Å². The van der Waals surface area contributed by atoms with E-state index in [0.717, 1.165) is 34.3 Å². The van der Waals surface area contributed by atoms with Crippen molar-refractivity contribution in [3.8, 4) is 5.75 Å². The van der Waals surface area contributed by atoms with Gasteiger partial charge in [0.2, 0.25) is 0 Å². The lowest BCUT2D eigenvalue weighted by Crippen LogP contribution is -2.21. The molecule has 2 rings (SSSR count). The summed E-state index contributed by atoms with van der Waals surface area (Å²) < 4.78 is 6.79. The minimum Gasteiger partial charge on any atom is -0.487 e. The number of rotatable bonds is 6. The first kappa shape index (κ1) is 15.0. The van der Waals surface area contributed by atoms with Crippen molar-refractivity contribution in [2.24, 2.45) is 5.73 Å². The summed E-state index contributed by atoms with van der Waals surface area (Å²) in [5, 5.41) is 0. The normalized spacial score (nSPS) is 12.2. The first-order valence-electron chi connectivity index (χ1n) is 6.75. The van der Waals surface area contributed by atoms with Gasteiger partial charge in [0.1, 0.15) is 12.4 Å². The molecule has 0 saturated carbocycles. The van der Waals surface area contributed by atoms with Gasteiger partial charge in [-0.15, -0.1) is 0 Å². The smallest absolute Gasteiger partial charge is 0.138 e. The van der Waals surface area contributed by atoms with Crippen molar-refractivity contribution in [2.45, 2.75) is 32.4 Å². The second-order valence-electron chi connectivity index (χ2n) is 4.74. The van der Waals surface area contributed by atoms with E-state index in [4.69, 9.17) is 10.5 Å². The maximum Gasteiger partial charge on any atom is 0.138 e. The molecule has 4 heteroatoms. The molecule has 0 saturated heterocycles. The highest BCUT2D eigenvalue weighted by molar-refractivity contribution is 9.10. The van der Waals surface area contributed by atoms with Crippen LogP contribution in [0, 0.1) is 0 Å². The molecule has 20 heavy (non-hydrogen) atoms. The van der Waals surface area contributed by atoms with E-state index >= 15 is 0 Å². The summed E-state index contributed by atoms with van der Waals surface area (Å²) in [6, 6.07) is 12.1. The summed E-state index contributed by atoms with van der Waals surface area (Å²) in [5.41, 5.74) is 8.04. The van der Waals surface area contributed by atoms with E-state index in [1.54, 1.807) is 6.20 Å². The zero-order valence-corrected chi connectivity index (χ0v) is 13.1. The fourth-order valence-corrected chi connectivity index (χ4v) is 2.21. The third-order valence-electron chi connectivity index (χ3n) is 3.15. The molecule has 0 radical (unpaired) electrons. The van der Waals surface area contributed by atoms with Gasteiger partial charge in [-0.1, -0.05) is 41.1 Å².